The first-order valence-electron chi connectivity index (χ1n) is 10.8. The Morgan fingerprint density at radius 3 is 2.68 bits per heavy atom. The van der Waals surface area contributed by atoms with Crippen molar-refractivity contribution in [2.75, 3.05) is 17.5 Å². The normalized spacial score (nSPS) is 16.2. The van der Waals surface area contributed by atoms with Gasteiger partial charge in [-0.3, -0.25) is 4.31 Å². The summed E-state index contributed by atoms with van der Waals surface area (Å²) < 4.78 is 48.9. The van der Waals surface area contributed by atoms with Crippen molar-refractivity contribution in [2.24, 2.45) is 0 Å². The molecule has 1 aliphatic rings. The van der Waals surface area contributed by atoms with Gasteiger partial charge in [0, 0.05) is 18.6 Å². The topological polar surface area (TPSA) is 66.8 Å². The number of hydrogen-bond donors (Lipinski definition) is 1. The lowest BCUT2D eigenvalue weighted by atomic mass is 10.0. The minimum Gasteiger partial charge on any atom is -0.486 e. The Labute approximate surface area is 204 Å². The molecule has 5 nitrogen and oxygen atoms in total. The van der Waals surface area contributed by atoms with Gasteiger partial charge in [0.05, 0.1) is 22.2 Å². The lowest BCUT2D eigenvalue weighted by molar-refractivity contribution is 0.154. The van der Waals surface area contributed by atoms with E-state index >= 15 is 0 Å². The molecule has 34 heavy (non-hydrogen) atoms. The van der Waals surface area contributed by atoms with E-state index in [0.29, 0.717) is 39.6 Å². The first-order valence-corrected chi connectivity index (χ1v) is 12.7. The fourth-order valence-electron chi connectivity index (χ4n) is 4.04. The van der Waals surface area contributed by atoms with E-state index in [1.54, 1.807) is 61.5 Å². The minimum absolute atomic E-state index is 0.0646. The zero-order valence-electron chi connectivity index (χ0n) is 18.8. The van der Waals surface area contributed by atoms with Crippen LogP contribution in [0.3, 0.4) is 0 Å². The quantitative estimate of drug-likeness (QED) is 0.441. The summed E-state index contributed by atoms with van der Waals surface area (Å²) in [5, 5.41) is 9.70. The third-order valence-electron chi connectivity index (χ3n) is 5.68. The molecule has 0 aromatic heterocycles. The predicted molar refractivity (Wildman–Crippen MR) is 133 cm³/mol. The third kappa shape index (κ3) is 4.82. The molecule has 0 bridgehead atoms. The SMILES string of the molecule is C/C(=C\c1ccc2c(c1)N(S(=O)(=O)c1cccc(C)c1)C[C@H](CCO)O2)c1c(F)cccc1Cl. The van der Waals surface area contributed by atoms with Gasteiger partial charge < -0.3 is 9.84 Å². The lowest BCUT2D eigenvalue weighted by Gasteiger charge is -2.35. The molecule has 1 aliphatic heterocycles. The molecule has 3 aromatic rings. The van der Waals surface area contributed by atoms with Gasteiger partial charge >= 0.3 is 0 Å². The van der Waals surface area contributed by atoms with Crippen molar-refractivity contribution < 1.29 is 22.7 Å². The molecule has 0 amide bonds. The summed E-state index contributed by atoms with van der Waals surface area (Å²) in [5.74, 6) is -0.0299. The van der Waals surface area contributed by atoms with Crippen molar-refractivity contribution in [1.82, 2.24) is 0 Å². The summed E-state index contributed by atoms with van der Waals surface area (Å²) in [6, 6.07) is 16.4. The maximum atomic E-state index is 14.4. The molecule has 178 valence electrons. The summed E-state index contributed by atoms with van der Waals surface area (Å²) in [7, 11) is -3.89. The van der Waals surface area contributed by atoms with Gasteiger partial charge in [-0.2, -0.15) is 0 Å². The highest BCUT2D eigenvalue weighted by atomic mass is 35.5. The van der Waals surface area contributed by atoms with Crippen LogP contribution < -0.4 is 9.04 Å². The molecule has 0 fully saturated rings. The van der Waals surface area contributed by atoms with Crippen LogP contribution in [-0.4, -0.2) is 32.8 Å². The average molecular weight is 502 g/mol. The molecule has 0 aliphatic carbocycles. The number of anilines is 1. The number of aliphatic hydroxyl groups excluding tert-OH is 1. The van der Waals surface area contributed by atoms with Crippen molar-refractivity contribution in [2.45, 2.75) is 31.3 Å². The summed E-state index contributed by atoms with van der Waals surface area (Å²) >= 11 is 6.21. The van der Waals surface area contributed by atoms with Gasteiger partial charge in [-0.25, -0.2) is 12.8 Å². The molecule has 1 atom stereocenters. The summed E-state index contributed by atoms with van der Waals surface area (Å²) in [5.41, 5.74) is 2.79. The molecule has 1 heterocycles. The Kier molecular flexibility index (Phi) is 6.98. The van der Waals surface area contributed by atoms with Gasteiger partial charge in [0.15, 0.2) is 0 Å². The Morgan fingerprint density at radius 1 is 1.21 bits per heavy atom. The van der Waals surface area contributed by atoms with Crippen LogP contribution >= 0.6 is 11.6 Å². The second-order valence-electron chi connectivity index (χ2n) is 8.26. The molecule has 4 rings (SSSR count). The zero-order valence-corrected chi connectivity index (χ0v) is 20.4. The van der Waals surface area contributed by atoms with Crippen LogP contribution in [0.25, 0.3) is 11.6 Å². The second-order valence-corrected chi connectivity index (χ2v) is 10.5. The molecule has 8 heteroatoms. The van der Waals surface area contributed by atoms with E-state index < -0.39 is 21.9 Å². The molecular formula is C26H25ClFNO4S. The van der Waals surface area contributed by atoms with Gasteiger partial charge in [-0.15, -0.1) is 0 Å². The molecular weight excluding hydrogens is 477 g/mol. The van der Waals surface area contributed by atoms with Crippen LogP contribution in [0.2, 0.25) is 5.02 Å². The monoisotopic (exact) mass is 501 g/mol. The van der Waals surface area contributed by atoms with Crippen LogP contribution in [0.5, 0.6) is 5.75 Å². The third-order valence-corrected chi connectivity index (χ3v) is 7.77. The van der Waals surface area contributed by atoms with Crippen molar-refractivity contribution in [1.29, 1.82) is 0 Å². The highest BCUT2D eigenvalue weighted by molar-refractivity contribution is 7.92. The Hall–Kier alpha value is -2.87. The van der Waals surface area contributed by atoms with Crippen molar-refractivity contribution in [3.63, 3.8) is 0 Å². The number of ether oxygens (including phenoxy) is 1. The van der Waals surface area contributed by atoms with E-state index in [2.05, 4.69) is 0 Å². The number of allylic oxidation sites excluding steroid dienone is 1. The van der Waals surface area contributed by atoms with E-state index in [1.807, 2.05) is 13.0 Å². The van der Waals surface area contributed by atoms with Gasteiger partial charge in [0.25, 0.3) is 10.0 Å². The number of fused-ring (bicyclic) bond motifs is 1. The molecule has 0 radical (unpaired) electrons. The van der Waals surface area contributed by atoms with E-state index in [9.17, 15) is 17.9 Å². The Balaban J connectivity index is 1.80. The maximum Gasteiger partial charge on any atom is 0.264 e. The molecule has 0 saturated heterocycles. The fourth-order valence-corrected chi connectivity index (χ4v) is 5.96. The molecule has 0 unspecified atom stereocenters. The average Bonchev–Trinajstić information content (AvgIpc) is 2.79. The van der Waals surface area contributed by atoms with Crippen LogP contribution in [0.1, 0.15) is 30.0 Å². The Morgan fingerprint density at radius 2 is 1.97 bits per heavy atom. The summed E-state index contributed by atoms with van der Waals surface area (Å²) in [4.78, 5) is 0.179. The summed E-state index contributed by atoms with van der Waals surface area (Å²) in [6.45, 7) is 3.52. The number of hydrogen-bond acceptors (Lipinski definition) is 4. The maximum absolute atomic E-state index is 14.4. The Bertz CT molecular complexity index is 1340. The van der Waals surface area contributed by atoms with Crippen LogP contribution in [-0.2, 0) is 10.0 Å². The van der Waals surface area contributed by atoms with E-state index in [0.717, 1.165) is 5.56 Å². The van der Waals surface area contributed by atoms with Crippen molar-refractivity contribution in [3.05, 3.63) is 88.2 Å². The number of aliphatic hydroxyl groups is 1. The number of benzene rings is 3. The van der Waals surface area contributed by atoms with E-state index in [1.165, 1.54) is 10.4 Å². The highest BCUT2D eigenvalue weighted by Gasteiger charge is 2.34. The van der Waals surface area contributed by atoms with E-state index in [-0.39, 0.29) is 18.0 Å². The van der Waals surface area contributed by atoms with Crippen LogP contribution in [0.4, 0.5) is 10.1 Å². The van der Waals surface area contributed by atoms with E-state index in [4.69, 9.17) is 16.3 Å². The molecule has 0 saturated carbocycles. The number of nitrogens with zero attached hydrogens (tertiary/aromatic N) is 1. The van der Waals surface area contributed by atoms with Crippen LogP contribution in [0.15, 0.2) is 65.6 Å². The summed E-state index contributed by atoms with van der Waals surface area (Å²) in [6.07, 6.45) is 1.56. The molecule has 0 spiro atoms. The van der Waals surface area contributed by atoms with Crippen LogP contribution in [0, 0.1) is 12.7 Å². The molecule has 3 aromatic carbocycles. The predicted octanol–water partition coefficient (Wildman–Crippen LogP) is 5.69. The van der Waals surface area contributed by atoms with Gasteiger partial charge in [0.1, 0.15) is 17.7 Å². The lowest BCUT2D eigenvalue weighted by Crippen LogP contribution is -2.44. The minimum atomic E-state index is -3.89. The highest BCUT2D eigenvalue weighted by Crippen LogP contribution is 2.39. The number of aryl methyl sites for hydroxylation is 1. The number of sulfonamides is 1. The number of halogens is 2. The standard InChI is InChI=1S/C26H25ClFNO4S/c1-17-5-3-6-21(13-17)34(31,32)29-16-20(11-12-30)33-25-10-9-19(15-24(25)29)14-18(2)26-22(27)7-4-8-23(26)28/h3-10,13-15,20,30H,11-12,16H2,1-2H3/b18-14+/t20-/m0/s1. The second kappa shape index (κ2) is 9.78. The zero-order chi connectivity index (χ0) is 24.5. The van der Waals surface area contributed by atoms with Gasteiger partial charge in [-0.05, 0) is 66.9 Å². The first-order chi connectivity index (χ1) is 16.2. The van der Waals surface area contributed by atoms with Crippen molar-refractivity contribution in [3.8, 4) is 5.75 Å². The van der Waals surface area contributed by atoms with Gasteiger partial charge in [0.2, 0.25) is 0 Å². The number of rotatable bonds is 6. The molecule has 1 N–H and O–H groups in total. The first kappa shape index (κ1) is 24.3. The smallest absolute Gasteiger partial charge is 0.264 e. The fraction of sp³-hybridized carbons (Fsp3) is 0.231. The largest absolute Gasteiger partial charge is 0.486 e. The van der Waals surface area contributed by atoms with Crippen molar-refractivity contribution >= 4 is 39.0 Å². The van der Waals surface area contributed by atoms with Gasteiger partial charge in [-0.1, -0.05) is 41.9 Å².